The molecular weight excluding hydrogens is 586 g/mol. The Balaban J connectivity index is 1.25. The zero-order chi connectivity index (χ0) is 32.4. The van der Waals surface area contributed by atoms with Gasteiger partial charge in [0.25, 0.3) is 0 Å². The van der Waals surface area contributed by atoms with Crippen molar-refractivity contribution in [1.82, 2.24) is 34.6 Å². The predicted molar refractivity (Wildman–Crippen MR) is 172 cm³/mol. The fraction of sp³-hybridized carbons (Fsp3) is 0.559. The number of aromatic amines is 1. The Morgan fingerprint density at radius 1 is 1.17 bits per heavy atom. The largest absolute Gasteiger partial charge is 0.378 e. The second-order valence-corrected chi connectivity index (χ2v) is 13.2. The van der Waals surface area contributed by atoms with Gasteiger partial charge in [-0.3, -0.25) is 19.2 Å². The monoisotopic (exact) mass is 631 g/mol. The van der Waals surface area contributed by atoms with Crippen molar-refractivity contribution >= 4 is 34.5 Å². The molecule has 0 aliphatic carbocycles. The van der Waals surface area contributed by atoms with E-state index in [2.05, 4.69) is 33.5 Å². The molecule has 0 radical (unpaired) electrons. The number of carbonyl (C=O) groups is 4. The van der Waals surface area contributed by atoms with Crippen LogP contribution in [0.1, 0.15) is 49.4 Å². The minimum atomic E-state index is -0.891. The predicted octanol–water partition coefficient (Wildman–Crippen LogP) is 2.08. The number of amides is 4. The van der Waals surface area contributed by atoms with Crippen LogP contribution in [0.3, 0.4) is 0 Å². The van der Waals surface area contributed by atoms with E-state index in [1.54, 1.807) is 31.5 Å². The van der Waals surface area contributed by atoms with Gasteiger partial charge in [-0.15, -0.1) is 0 Å². The lowest BCUT2D eigenvalue weighted by atomic mass is 9.67. The number of carbonyl (C=O) groups excluding carboxylic acids is 4. The molecule has 0 spiro atoms. The zero-order valence-corrected chi connectivity index (χ0v) is 27.1. The fourth-order valence-electron chi connectivity index (χ4n) is 7.47. The number of nitrogens with zero attached hydrogens (tertiary/aromatic N) is 5. The summed E-state index contributed by atoms with van der Waals surface area (Å²) in [4.78, 5) is 66.8. The maximum atomic E-state index is 14.3. The average Bonchev–Trinajstić information content (AvgIpc) is 3.71. The summed E-state index contributed by atoms with van der Waals surface area (Å²) < 4.78 is 7.50. The minimum Gasteiger partial charge on any atom is -0.378 e. The summed E-state index contributed by atoms with van der Waals surface area (Å²) in [5, 5.41) is 4.06. The smallest absolute Gasteiger partial charge is 0.228 e. The maximum Gasteiger partial charge on any atom is 0.228 e. The van der Waals surface area contributed by atoms with E-state index in [1.165, 1.54) is 0 Å². The van der Waals surface area contributed by atoms with Gasteiger partial charge in [0, 0.05) is 94.6 Å². The van der Waals surface area contributed by atoms with Gasteiger partial charge in [-0.25, -0.2) is 4.98 Å². The number of fused-ring (bicyclic) bond motifs is 5. The third-order valence-corrected chi connectivity index (χ3v) is 10.1. The topological polar surface area (TPSA) is 133 Å². The number of morpholine rings is 1. The number of hydrogen-bond acceptors (Lipinski definition) is 6. The third kappa shape index (κ3) is 6.14. The van der Waals surface area contributed by atoms with Gasteiger partial charge in [-0.2, -0.15) is 0 Å². The molecule has 246 valence electrons. The van der Waals surface area contributed by atoms with Crippen LogP contribution in [0.25, 0.3) is 10.9 Å². The minimum absolute atomic E-state index is 0.00318. The van der Waals surface area contributed by atoms with Gasteiger partial charge >= 0.3 is 0 Å². The van der Waals surface area contributed by atoms with Crippen LogP contribution < -0.4 is 5.32 Å². The van der Waals surface area contributed by atoms with E-state index >= 15 is 0 Å². The summed E-state index contributed by atoms with van der Waals surface area (Å²) in [5.74, 6) is -1.27. The van der Waals surface area contributed by atoms with Crippen molar-refractivity contribution in [3.63, 3.8) is 0 Å². The molecule has 1 aromatic carbocycles. The lowest BCUT2D eigenvalue weighted by Gasteiger charge is -2.54. The number of benzene rings is 1. The molecule has 3 aliphatic rings. The first kappa shape index (κ1) is 31.8. The molecule has 3 aliphatic heterocycles. The molecule has 3 atom stereocenters. The standard InChI is InChI=1S/C34H45N7O5/c1-34-27(33(45)40-15-17-46-18-16-40)20-24(21-29(42)36-10-4-12-39-14-11-35-22-39)32(44)41(34)13-9-26-25-7-5-23(6-8-30(43)38(2)3)19-28(25)37-31(26)34/h5,7,11,14,19,22,24,27,37H,4,6,8-10,12-13,15-18,20-21H2,1-3H3,(H,36,42)/t24-,27-,34+/m1/s1. The quantitative estimate of drug-likeness (QED) is 0.330. The lowest BCUT2D eigenvalue weighted by Crippen LogP contribution is -2.65. The highest BCUT2D eigenvalue weighted by Gasteiger charge is 2.57. The second-order valence-electron chi connectivity index (χ2n) is 13.2. The number of aryl methyl sites for hydroxylation is 2. The Hall–Kier alpha value is -4.19. The number of ether oxygens (including phenoxy) is 1. The summed E-state index contributed by atoms with van der Waals surface area (Å²) in [5.41, 5.74) is 3.15. The van der Waals surface area contributed by atoms with E-state index in [-0.39, 0.29) is 30.0 Å². The number of imidazole rings is 1. The molecule has 6 rings (SSSR count). The van der Waals surface area contributed by atoms with Crippen LogP contribution in [-0.2, 0) is 48.8 Å². The highest BCUT2D eigenvalue weighted by molar-refractivity contribution is 5.93. The van der Waals surface area contributed by atoms with Crippen LogP contribution in [-0.4, -0.2) is 106 Å². The number of H-pyrrole nitrogens is 1. The normalized spacial score (nSPS) is 22.8. The van der Waals surface area contributed by atoms with Gasteiger partial charge in [0.05, 0.1) is 31.0 Å². The molecule has 3 aromatic rings. The van der Waals surface area contributed by atoms with Crippen LogP contribution in [0.5, 0.6) is 0 Å². The first-order chi connectivity index (χ1) is 22.2. The van der Waals surface area contributed by atoms with Gasteiger partial charge in [0.2, 0.25) is 23.6 Å². The van der Waals surface area contributed by atoms with Crippen molar-refractivity contribution < 1.29 is 23.9 Å². The van der Waals surface area contributed by atoms with Gasteiger partial charge in [-0.05, 0) is 49.8 Å². The molecule has 46 heavy (non-hydrogen) atoms. The molecule has 12 heteroatoms. The van der Waals surface area contributed by atoms with Gasteiger partial charge in [0.1, 0.15) is 0 Å². The van der Waals surface area contributed by atoms with E-state index in [4.69, 9.17) is 4.74 Å². The number of nitrogens with one attached hydrogen (secondary N) is 2. The Labute approximate surface area is 269 Å². The molecular formula is C34H45N7O5. The highest BCUT2D eigenvalue weighted by Crippen LogP contribution is 2.50. The number of rotatable bonds is 10. The van der Waals surface area contributed by atoms with Crippen molar-refractivity contribution in [2.24, 2.45) is 11.8 Å². The van der Waals surface area contributed by atoms with Gasteiger partial charge in [-0.1, -0.05) is 12.1 Å². The van der Waals surface area contributed by atoms with E-state index in [9.17, 15) is 19.2 Å². The van der Waals surface area contributed by atoms with Crippen molar-refractivity contribution in [1.29, 1.82) is 0 Å². The zero-order valence-electron chi connectivity index (χ0n) is 27.1. The Kier molecular flexibility index (Phi) is 9.17. The maximum absolute atomic E-state index is 14.3. The van der Waals surface area contributed by atoms with E-state index in [0.717, 1.165) is 40.7 Å². The van der Waals surface area contributed by atoms with Crippen molar-refractivity contribution in [3.8, 4) is 0 Å². The molecule has 0 unspecified atom stereocenters. The molecule has 0 saturated carbocycles. The van der Waals surface area contributed by atoms with Crippen LogP contribution >= 0.6 is 0 Å². The Morgan fingerprint density at radius 3 is 2.72 bits per heavy atom. The van der Waals surface area contributed by atoms with E-state index < -0.39 is 17.4 Å². The molecule has 12 nitrogen and oxygen atoms in total. The van der Waals surface area contributed by atoms with E-state index in [0.29, 0.717) is 65.1 Å². The van der Waals surface area contributed by atoms with Crippen LogP contribution in [0.2, 0.25) is 0 Å². The summed E-state index contributed by atoms with van der Waals surface area (Å²) in [6.45, 7) is 5.73. The average molecular weight is 632 g/mol. The number of aromatic nitrogens is 3. The van der Waals surface area contributed by atoms with Gasteiger partial charge in [0.15, 0.2) is 0 Å². The second kappa shape index (κ2) is 13.3. The Morgan fingerprint density at radius 2 is 1.98 bits per heavy atom. The van der Waals surface area contributed by atoms with E-state index in [1.807, 2.05) is 27.5 Å². The first-order valence-electron chi connectivity index (χ1n) is 16.4. The van der Waals surface area contributed by atoms with Crippen LogP contribution in [0.4, 0.5) is 0 Å². The van der Waals surface area contributed by atoms with Gasteiger partial charge < -0.3 is 34.3 Å². The highest BCUT2D eigenvalue weighted by atomic mass is 16.5. The lowest BCUT2D eigenvalue weighted by molar-refractivity contribution is -0.166. The molecule has 2 fully saturated rings. The van der Waals surface area contributed by atoms with Crippen molar-refractivity contribution in [3.05, 3.63) is 53.7 Å². The molecule has 2 aromatic heterocycles. The van der Waals surface area contributed by atoms with Crippen LogP contribution in [0.15, 0.2) is 36.9 Å². The summed E-state index contributed by atoms with van der Waals surface area (Å²) >= 11 is 0. The van der Waals surface area contributed by atoms with Crippen molar-refractivity contribution in [2.75, 3.05) is 53.5 Å². The molecule has 5 heterocycles. The SMILES string of the molecule is CN(C)C(=O)CCc1ccc2c3c([nH]c2c1)[C@]1(C)[C@@H](C(=O)N2CCOCC2)C[C@H](CC(=O)NCCCn2ccnc2)C(=O)N1CC3. The van der Waals surface area contributed by atoms with Crippen LogP contribution in [0, 0.1) is 11.8 Å². The molecule has 2 N–H and O–H groups in total. The fourth-order valence-corrected chi connectivity index (χ4v) is 7.47. The first-order valence-corrected chi connectivity index (χ1v) is 16.4. The molecule has 2 saturated heterocycles. The summed E-state index contributed by atoms with van der Waals surface area (Å²) in [6.07, 6.45) is 8.17. The summed E-state index contributed by atoms with van der Waals surface area (Å²) in [7, 11) is 3.53. The molecule has 0 bridgehead atoms. The Bertz CT molecular complexity index is 1590. The third-order valence-electron chi connectivity index (χ3n) is 10.1. The number of hydrogen-bond donors (Lipinski definition) is 2. The number of piperidine rings is 1. The summed E-state index contributed by atoms with van der Waals surface area (Å²) in [6, 6.07) is 6.26. The van der Waals surface area contributed by atoms with Crippen molar-refractivity contribution in [2.45, 2.75) is 57.5 Å². The molecule has 4 amide bonds.